The van der Waals surface area contributed by atoms with Gasteiger partial charge in [0.1, 0.15) is 11.5 Å². The van der Waals surface area contributed by atoms with Crippen LogP contribution >= 0.6 is 11.6 Å². The molecule has 1 heterocycles. The highest BCUT2D eigenvalue weighted by molar-refractivity contribution is 6.49. The number of carbonyl (C=O) groups excluding carboxylic acids is 2. The average Bonchev–Trinajstić information content (AvgIpc) is 2.64. The Balaban J connectivity index is 1.82. The van der Waals surface area contributed by atoms with Gasteiger partial charge in [-0.25, -0.2) is 0 Å². The molecule has 4 nitrogen and oxygen atoms in total. The maximum absolute atomic E-state index is 12.3. The van der Waals surface area contributed by atoms with Crippen LogP contribution in [0.5, 0.6) is 11.5 Å². The molecule has 0 saturated carbocycles. The van der Waals surface area contributed by atoms with Crippen molar-refractivity contribution >= 4 is 23.2 Å². The van der Waals surface area contributed by atoms with Crippen molar-refractivity contribution in [2.45, 2.75) is 0 Å². The van der Waals surface area contributed by atoms with Gasteiger partial charge in [0, 0.05) is 23.5 Å². The molecule has 1 aromatic heterocycles. The Bertz CT molecular complexity index is 880. The Morgan fingerprint density at radius 1 is 0.875 bits per heavy atom. The van der Waals surface area contributed by atoms with Gasteiger partial charge in [-0.2, -0.15) is 0 Å². The average molecular weight is 338 g/mol. The van der Waals surface area contributed by atoms with E-state index in [9.17, 15) is 9.59 Å². The van der Waals surface area contributed by atoms with Gasteiger partial charge < -0.3 is 4.74 Å². The fourth-order valence-corrected chi connectivity index (χ4v) is 2.32. The first kappa shape index (κ1) is 15.9. The van der Waals surface area contributed by atoms with Crippen LogP contribution in [0.25, 0.3) is 0 Å². The predicted octanol–water partition coefficient (Wildman–Crippen LogP) is 4.59. The SMILES string of the molecule is O=C(C(=O)c1ccc(Oc2ccccc2)c(Cl)c1)c1cccnc1. The van der Waals surface area contributed by atoms with Crippen LogP contribution in [0.15, 0.2) is 73.1 Å². The summed E-state index contributed by atoms with van der Waals surface area (Å²) in [4.78, 5) is 28.3. The molecule has 0 atom stereocenters. The zero-order valence-corrected chi connectivity index (χ0v) is 13.2. The number of rotatable bonds is 5. The summed E-state index contributed by atoms with van der Waals surface area (Å²) in [6.45, 7) is 0. The van der Waals surface area contributed by atoms with Crippen LogP contribution in [-0.2, 0) is 0 Å². The molecule has 0 aliphatic rings. The van der Waals surface area contributed by atoms with Crippen molar-refractivity contribution in [3.05, 3.63) is 89.2 Å². The fourth-order valence-electron chi connectivity index (χ4n) is 2.10. The lowest BCUT2D eigenvalue weighted by Gasteiger charge is -2.08. The van der Waals surface area contributed by atoms with Crippen molar-refractivity contribution in [1.82, 2.24) is 4.98 Å². The summed E-state index contributed by atoms with van der Waals surface area (Å²) in [5.74, 6) is -0.231. The standard InChI is InChI=1S/C19H12ClNO3/c20-16-11-13(18(22)19(23)14-5-4-10-21-12-14)8-9-17(16)24-15-6-2-1-3-7-15/h1-12H. The number of nitrogens with zero attached hydrogens (tertiary/aromatic N) is 1. The van der Waals surface area contributed by atoms with E-state index in [1.54, 1.807) is 30.3 Å². The molecule has 5 heteroatoms. The number of aromatic nitrogens is 1. The van der Waals surface area contributed by atoms with Gasteiger partial charge >= 0.3 is 0 Å². The van der Waals surface area contributed by atoms with E-state index >= 15 is 0 Å². The largest absolute Gasteiger partial charge is 0.456 e. The monoisotopic (exact) mass is 337 g/mol. The van der Waals surface area contributed by atoms with Gasteiger partial charge in [0.15, 0.2) is 0 Å². The van der Waals surface area contributed by atoms with Crippen molar-refractivity contribution in [3.63, 3.8) is 0 Å². The van der Waals surface area contributed by atoms with E-state index in [1.165, 1.54) is 24.5 Å². The summed E-state index contributed by atoms with van der Waals surface area (Å²) < 4.78 is 5.65. The number of carbonyl (C=O) groups is 2. The van der Waals surface area contributed by atoms with E-state index in [0.717, 1.165) is 0 Å². The number of halogens is 1. The second-order valence-corrected chi connectivity index (χ2v) is 5.37. The van der Waals surface area contributed by atoms with Gasteiger partial charge in [0.2, 0.25) is 11.6 Å². The third-order valence-electron chi connectivity index (χ3n) is 3.30. The molecule has 0 amide bonds. The normalized spacial score (nSPS) is 10.2. The quantitative estimate of drug-likeness (QED) is 0.504. The number of ether oxygens (including phenoxy) is 1. The highest BCUT2D eigenvalue weighted by atomic mass is 35.5. The Morgan fingerprint density at radius 3 is 2.29 bits per heavy atom. The molecule has 3 aromatic rings. The van der Waals surface area contributed by atoms with Gasteiger partial charge in [-0.05, 0) is 42.5 Å². The lowest BCUT2D eigenvalue weighted by atomic mass is 10.0. The van der Waals surface area contributed by atoms with Crippen LogP contribution < -0.4 is 4.74 Å². The molecule has 0 bridgehead atoms. The molecular weight excluding hydrogens is 326 g/mol. The first-order valence-electron chi connectivity index (χ1n) is 7.16. The summed E-state index contributed by atoms with van der Waals surface area (Å²) in [6, 6.07) is 16.8. The zero-order valence-electron chi connectivity index (χ0n) is 12.5. The number of Topliss-reactive ketones (excluding diaryl/α,β-unsaturated/α-hetero) is 2. The molecule has 0 aliphatic carbocycles. The number of pyridine rings is 1. The number of hydrogen-bond acceptors (Lipinski definition) is 4. The van der Waals surface area contributed by atoms with Gasteiger partial charge in [0.25, 0.3) is 0 Å². The van der Waals surface area contributed by atoms with Crippen molar-refractivity contribution in [1.29, 1.82) is 0 Å². The Labute approximate surface area is 143 Å². The first-order valence-corrected chi connectivity index (χ1v) is 7.54. The fraction of sp³-hybridized carbons (Fsp3) is 0. The minimum absolute atomic E-state index is 0.203. The summed E-state index contributed by atoms with van der Waals surface area (Å²) in [5, 5.41) is 0.253. The number of para-hydroxylation sites is 1. The molecule has 118 valence electrons. The summed E-state index contributed by atoms with van der Waals surface area (Å²) in [5.41, 5.74) is 0.442. The van der Waals surface area contributed by atoms with Gasteiger partial charge in [-0.15, -0.1) is 0 Å². The van der Waals surface area contributed by atoms with Gasteiger partial charge in [-0.1, -0.05) is 29.8 Å². The maximum atomic E-state index is 12.3. The molecular formula is C19H12ClNO3. The highest BCUT2D eigenvalue weighted by Crippen LogP contribution is 2.30. The van der Waals surface area contributed by atoms with Gasteiger partial charge in [-0.3, -0.25) is 14.6 Å². The zero-order chi connectivity index (χ0) is 16.9. The van der Waals surface area contributed by atoms with Crippen LogP contribution in [0.1, 0.15) is 20.7 Å². The smallest absolute Gasteiger partial charge is 0.235 e. The summed E-state index contributed by atoms with van der Waals surface area (Å²) >= 11 is 6.17. The lowest BCUT2D eigenvalue weighted by molar-refractivity contribution is 0.0816. The Hall–Kier alpha value is -2.98. The molecule has 0 aliphatic heterocycles. The molecule has 0 saturated heterocycles. The van der Waals surface area contributed by atoms with E-state index in [4.69, 9.17) is 16.3 Å². The third-order valence-corrected chi connectivity index (χ3v) is 3.59. The van der Waals surface area contributed by atoms with Crippen molar-refractivity contribution in [3.8, 4) is 11.5 Å². The molecule has 0 fully saturated rings. The molecule has 24 heavy (non-hydrogen) atoms. The topological polar surface area (TPSA) is 56.3 Å². The molecule has 0 unspecified atom stereocenters. The molecule has 0 radical (unpaired) electrons. The second kappa shape index (κ2) is 7.06. The molecule has 2 aromatic carbocycles. The Kier molecular flexibility index (Phi) is 4.68. The molecule has 0 spiro atoms. The maximum Gasteiger partial charge on any atom is 0.235 e. The number of ketones is 2. The highest BCUT2D eigenvalue weighted by Gasteiger charge is 2.19. The van der Waals surface area contributed by atoms with Crippen molar-refractivity contribution in [2.75, 3.05) is 0 Å². The van der Waals surface area contributed by atoms with E-state index in [-0.39, 0.29) is 16.1 Å². The van der Waals surface area contributed by atoms with E-state index in [1.807, 2.05) is 18.2 Å². The summed E-state index contributed by atoms with van der Waals surface area (Å²) in [7, 11) is 0. The van der Waals surface area contributed by atoms with E-state index in [0.29, 0.717) is 11.5 Å². The third kappa shape index (κ3) is 3.50. The Morgan fingerprint density at radius 2 is 1.62 bits per heavy atom. The van der Waals surface area contributed by atoms with Crippen LogP contribution in [0.3, 0.4) is 0 Å². The predicted molar refractivity (Wildman–Crippen MR) is 90.9 cm³/mol. The van der Waals surface area contributed by atoms with Crippen molar-refractivity contribution < 1.29 is 14.3 Å². The van der Waals surface area contributed by atoms with Crippen LogP contribution in [0.4, 0.5) is 0 Å². The number of benzene rings is 2. The van der Waals surface area contributed by atoms with Crippen molar-refractivity contribution in [2.24, 2.45) is 0 Å². The molecule has 0 N–H and O–H groups in total. The number of hydrogen-bond donors (Lipinski definition) is 0. The van der Waals surface area contributed by atoms with E-state index < -0.39 is 11.6 Å². The lowest BCUT2D eigenvalue weighted by Crippen LogP contribution is -2.14. The van der Waals surface area contributed by atoms with Crippen LogP contribution in [0.2, 0.25) is 5.02 Å². The minimum atomic E-state index is -0.642. The first-order chi connectivity index (χ1) is 11.6. The minimum Gasteiger partial charge on any atom is -0.456 e. The summed E-state index contributed by atoms with van der Waals surface area (Å²) in [6.07, 6.45) is 2.89. The van der Waals surface area contributed by atoms with Gasteiger partial charge in [0.05, 0.1) is 5.02 Å². The van der Waals surface area contributed by atoms with Crippen LogP contribution in [0, 0.1) is 0 Å². The molecule has 3 rings (SSSR count). The van der Waals surface area contributed by atoms with Crippen LogP contribution in [-0.4, -0.2) is 16.6 Å². The van der Waals surface area contributed by atoms with E-state index in [2.05, 4.69) is 4.98 Å². The second-order valence-electron chi connectivity index (χ2n) is 4.96.